The maximum absolute atomic E-state index is 9.18. The molecule has 3 nitrogen and oxygen atoms in total. The Labute approximate surface area is 111 Å². The summed E-state index contributed by atoms with van der Waals surface area (Å²) in [4.78, 5) is 4.46. The van der Waals surface area contributed by atoms with Crippen LogP contribution in [0.2, 0.25) is 0 Å². The van der Waals surface area contributed by atoms with Gasteiger partial charge in [0.15, 0.2) is 0 Å². The lowest BCUT2D eigenvalue weighted by Crippen LogP contribution is -2.08. The van der Waals surface area contributed by atoms with Crippen LogP contribution in [0.3, 0.4) is 0 Å². The summed E-state index contributed by atoms with van der Waals surface area (Å²) in [6, 6.07) is 8.18. The molecule has 0 saturated carbocycles. The van der Waals surface area contributed by atoms with E-state index in [-0.39, 0.29) is 6.04 Å². The van der Waals surface area contributed by atoms with Crippen LogP contribution in [0.25, 0.3) is 0 Å². The first-order valence-corrected chi connectivity index (χ1v) is 6.68. The Morgan fingerprint density at radius 1 is 1.39 bits per heavy atom. The number of aromatic nitrogens is 1. The largest absolute Gasteiger partial charge is 0.376 e. The van der Waals surface area contributed by atoms with Crippen molar-refractivity contribution >= 4 is 17.0 Å². The number of anilines is 1. The van der Waals surface area contributed by atoms with Gasteiger partial charge in [-0.1, -0.05) is 12.1 Å². The van der Waals surface area contributed by atoms with Gasteiger partial charge in [-0.25, -0.2) is 4.98 Å². The highest BCUT2D eigenvalue weighted by atomic mass is 32.1. The van der Waals surface area contributed by atoms with E-state index in [0.29, 0.717) is 5.56 Å². The molecule has 0 fully saturated rings. The predicted octanol–water partition coefficient (Wildman–Crippen LogP) is 3.80. The van der Waals surface area contributed by atoms with Crippen molar-refractivity contribution in [2.75, 3.05) is 5.32 Å². The maximum Gasteiger partial charge on any atom is 0.102 e. The number of benzene rings is 1. The first-order valence-electron chi connectivity index (χ1n) is 5.80. The van der Waals surface area contributed by atoms with Crippen LogP contribution >= 0.6 is 11.3 Å². The number of thiazole rings is 1. The van der Waals surface area contributed by atoms with Crippen molar-refractivity contribution in [2.24, 2.45) is 0 Å². The van der Waals surface area contributed by atoms with E-state index in [0.717, 1.165) is 22.0 Å². The summed E-state index contributed by atoms with van der Waals surface area (Å²) in [5, 5.41) is 15.6. The van der Waals surface area contributed by atoms with E-state index in [1.807, 2.05) is 32.0 Å². The van der Waals surface area contributed by atoms with Crippen molar-refractivity contribution in [1.82, 2.24) is 4.98 Å². The van der Waals surface area contributed by atoms with Gasteiger partial charge in [-0.2, -0.15) is 5.26 Å². The van der Waals surface area contributed by atoms with Crippen LogP contribution in [0, 0.1) is 25.2 Å². The molecule has 1 unspecified atom stereocenters. The molecule has 1 aromatic carbocycles. The van der Waals surface area contributed by atoms with Crippen molar-refractivity contribution in [2.45, 2.75) is 26.8 Å². The van der Waals surface area contributed by atoms with Crippen LogP contribution in [0.1, 0.15) is 34.8 Å². The number of nitrogens with zero attached hydrogens (tertiary/aromatic N) is 2. The number of nitrogens with one attached hydrogen (secondary N) is 1. The van der Waals surface area contributed by atoms with Crippen LogP contribution in [0.5, 0.6) is 0 Å². The van der Waals surface area contributed by atoms with Gasteiger partial charge < -0.3 is 5.32 Å². The summed E-state index contributed by atoms with van der Waals surface area (Å²) in [5.41, 5.74) is 3.58. The molecule has 0 saturated heterocycles. The molecular weight excluding hydrogens is 242 g/mol. The van der Waals surface area contributed by atoms with E-state index in [9.17, 15) is 5.26 Å². The second-order valence-corrected chi connectivity index (χ2v) is 5.33. The lowest BCUT2D eigenvalue weighted by molar-refractivity contribution is 0.844. The van der Waals surface area contributed by atoms with Gasteiger partial charge in [-0.05, 0) is 32.4 Å². The number of hydrogen-bond acceptors (Lipinski definition) is 4. The summed E-state index contributed by atoms with van der Waals surface area (Å²) in [6.45, 7) is 5.99. The molecule has 0 aliphatic carbocycles. The normalized spacial score (nSPS) is 11.9. The maximum atomic E-state index is 9.18. The van der Waals surface area contributed by atoms with Gasteiger partial charge in [0.1, 0.15) is 6.07 Å². The van der Waals surface area contributed by atoms with Gasteiger partial charge in [0.05, 0.1) is 28.0 Å². The third-order valence-electron chi connectivity index (χ3n) is 2.84. The fourth-order valence-corrected chi connectivity index (χ4v) is 2.53. The Morgan fingerprint density at radius 3 is 2.78 bits per heavy atom. The molecule has 0 aliphatic heterocycles. The van der Waals surface area contributed by atoms with E-state index < -0.39 is 0 Å². The molecule has 4 heteroatoms. The van der Waals surface area contributed by atoms with Crippen molar-refractivity contribution in [3.05, 3.63) is 45.4 Å². The van der Waals surface area contributed by atoms with Gasteiger partial charge in [0.25, 0.3) is 0 Å². The van der Waals surface area contributed by atoms with Crippen LogP contribution < -0.4 is 5.32 Å². The van der Waals surface area contributed by atoms with E-state index in [4.69, 9.17) is 0 Å². The van der Waals surface area contributed by atoms with Crippen LogP contribution in [0.4, 0.5) is 5.69 Å². The van der Waals surface area contributed by atoms with E-state index in [2.05, 4.69) is 28.7 Å². The molecule has 1 atom stereocenters. The minimum Gasteiger partial charge on any atom is -0.376 e. The first kappa shape index (κ1) is 12.6. The average Bonchev–Trinajstić information content (AvgIpc) is 2.76. The quantitative estimate of drug-likeness (QED) is 0.909. The highest BCUT2D eigenvalue weighted by molar-refractivity contribution is 7.09. The molecule has 0 amide bonds. The SMILES string of the molecule is Cc1nc(C(C)Nc2cccc(C)c2C#N)cs1. The third kappa shape index (κ3) is 2.52. The number of rotatable bonds is 3. The lowest BCUT2D eigenvalue weighted by Gasteiger charge is -2.15. The Morgan fingerprint density at radius 2 is 2.17 bits per heavy atom. The summed E-state index contributed by atoms with van der Waals surface area (Å²) in [6.07, 6.45) is 0. The van der Waals surface area contributed by atoms with E-state index in [1.165, 1.54) is 0 Å². The Kier molecular flexibility index (Phi) is 3.63. The van der Waals surface area contributed by atoms with Crippen LogP contribution in [-0.2, 0) is 0 Å². The monoisotopic (exact) mass is 257 g/mol. The summed E-state index contributed by atoms with van der Waals surface area (Å²) >= 11 is 1.64. The highest BCUT2D eigenvalue weighted by Gasteiger charge is 2.11. The van der Waals surface area contributed by atoms with Gasteiger partial charge in [-0.15, -0.1) is 11.3 Å². The van der Waals surface area contributed by atoms with E-state index >= 15 is 0 Å². The Bertz CT molecular complexity index is 595. The van der Waals surface area contributed by atoms with Crippen LogP contribution in [-0.4, -0.2) is 4.98 Å². The molecule has 18 heavy (non-hydrogen) atoms. The molecule has 0 radical (unpaired) electrons. The zero-order valence-corrected chi connectivity index (χ0v) is 11.5. The standard InChI is InChI=1S/C14H15N3S/c1-9-5-4-6-13(12(9)7-15)16-10(2)14-8-18-11(3)17-14/h4-6,8,10,16H,1-3H3. The molecule has 0 bridgehead atoms. The average molecular weight is 257 g/mol. The molecule has 92 valence electrons. The zero-order chi connectivity index (χ0) is 13.1. The molecule has 1 aromatic heterocycles. The van der Waals surface area contributed by atoms with Crippen molar-refractivity contribution in [3.8, 4) is 6.07 Å². The highest BCUT2D eigenvalue weighted by Crippen LogP contribution is 2.24. The zero-order valence-electron chi connectivity index (χ0n) is 10.7. The molecule has 1 N–H and O–H groups in total. The number of aryl methyl sites for hydroxylation is 2. The van der Waals surface area contributed by atoms with Gasteiger partial charge in [0.2, 0.25) is 0 Å². The second kappa shape index (κ2) is 5.19. The molecule has 2 rings (SSSR count). The lowest BCUT2D eigenvalue weighted by atomic mass is 10.1. The number of hydrogen-bond donors (Lipinski definition) is 1. The van der Waals surface area contributed by atoms with Crippen molar-refractivity contribution < 1.29 is 0 Å². The van der Waals surface area contributed by atoms with Crippen molar-refractivity contribution in [1.29, 1.82) is 5.26 Å². The predicted molar refractivity (Wildman–Crippen MR) is 74.8 cm³/mol. The van der Waals surface area contributed by atoms with Crippen molar-refractivity contribution in [3.63, 3.8) is 0 Å². The Hall–Kier alpha value is -1.86. The molecule has 0 spiro atoms. The molecule has 1 heterocycles. The Balaban J connectivity index is 2.25. The first-order chi connectivity index (χ1) is 8.61. The third-order valence-corrected chi connectivity index (χ3v) is 3.63. The fraction of sp³-hybridized carbons (Fsp3) is 0.286. The second-order valence-electron chi connectivity index (χ2n) is 4.27. The summed E-state index contributed by atoms with van der Waals surface area (Å²) < 4.78 is 0. The summed E-state index contributed by atoms with van der Waals surface area (Å²) in [5.74, 6) is 0. The van der Waals surface area contributed by atoms with Crippen LogP contribution in [0.15, 0.2) is 23.6 Å². The topological polar surface area (TPSA) is 48.7 Å². The molecule has 2 aromatic rings. The minimum absolute atomic E-state index is 0.101. The smallest absolute Gasteiger partial charge is 0.102 e. The molecule has 0 aliphatic rings. The summed E-state index contributed by atoms with van der Waals surface area (Å²) in [7, 11) is 0. The van der Waals surface area contributed by atoms with Gasteiger partial charge >= 0.3 is 0 Å². The van der Waals surface area contributed by atoms with Gasteiger partial charge in [-0.3, -0.25) is 0 Å². The van der Waals surface area contributed by atoms with E-state index in [1.54, 1.807) is 11.3 Å². The number of nitriles is 1. The fourth-order valence-electron chi connectivity index (χ4n) is 1.82. The minimum atomic E-state index is 0.101. The molecular formula is C14H15N3S. The van der Waals surface area contributed by atoms with Gasteiger partial charge in [0, 0.05) is 5.38 Å².